The van der Waals surface area contributed by atoms with Crippen molar-refractivity contribution < 1.29 is 9.90 Å². The van der Waals surface area contributed by atoms with Gasteiger partial charge < -0.3 is 5.11 Å². The number of nitrogens with zero attached hydrogens (tertiary/aromatic N) is 3. The van der Waals surface area contributed by atoms with E-state index in [1.54, 1.807) is 18.6 Å². The van der Waals surface area contributed by atoms with E-state index in [0.29, 0.717) is 19.0 Å². The Bertz CT molecular complexity index is 464. The van der Waals surface area contributed by atoms with Crippen LogP contribution in [-0.2, 0) is 11.2 Å². The first-order valence-electron chi connectivity index (χ1n) is 7.76. The van der Waals surface area contributed by atoms with Gasteiger partial charge in [0.1, 0.15) is 0 Å². The van der Waals surface area contributed by atoms with Crippen molar-refractivity contribution in [2.75, 3.05) is 13.1 Å². The largest absolute Gasteiger partial charge is 0.481 e. The van der Waals surface area contributed by atoms with Crippen molar-refractivity contribution in [1.29, 1.82) is 0 Å². The summed E-state index contributed by atoms with van der Waals surface area (Å²) in [5.41, 5.74) is 0.347. The molecule has 0 saturated carbocycles. The minimum Gasteiger partial charge on any atom is -0.481 e. The van der Waals surface area contributed by atoms with Gasteiger partial charge in [-0.05, 0) is 52.5 Å². The van der Waals surface area contributed by atoms with Crippen molar-refractivity contribution in [3.05, 3.63) is 24.3 Å². The Morgan fingerprint density at radius 3 is 2.90 bits per heavy atom. The lowest BCUT2D eigenvalue weighted by molar-refractivity contribution is -0.153. The molecule has 116 valence electrons. The highest BCUT2D eigenvalue weighted by Crippen LogP contribution is 2.36. The van der Waals surface area contributed by atoms with Crippen LogP contribution in [0.15, 0.2) is 18.6 Å². The fourth-order valence-corrected chi connectivity index (χ4v) is 3.16. The Morgan fingerprint density at radius 2 is 2.29 bits per heavy atom. The van der Waals surface area contributed by atoms with Crippen LogP contribution >= 0.6 is 0 Å². The van der Waals surface area contributed by atoms with Crippen LogP contribution in [0, 0.1) is 5.41 Å². The molecule has 5 nitrogen and oxygen atoms in total. The fraction of sp³-hybridized carbons (Fsp3) is 0.688. The summed E-state index contributed by atoms with van der Waals surface area (Å²) in [5.74, 6) is -0.646. The molecule has 0 bridgehead atoms. The van der Waals surface area contributed by atoms with E-state index in [1.165, 1.54) is 0 Å². The summed E-state index contributed by atoms with van der Waals surface area (Å²) in [6.45, 7) is 5.95. The molecular weight excluding hydrogens is 266 g/mol. The summed E-state index contributed by atoms with van der Waals surface area (Å²) in [5, 5.41) is 9.73. The minimum absolute atomic E-state index is 0.406. The predicted molar refractivity (Wildman–Crippen MR) is 81.0 cm³/mol. The van der Waals surface area contributed by atoms with Gasteiger partial charge in [-0.1, -0.05) is 0 Å². The van der Waals surface area contributed by atoms with Crippen LogP contribution in [0.25, 0.3) is 0 Å². The normalized spacial score (nSPS) is 23.4. The Kier molecular flexibility index (Phi) is 5.28. The molecule has 0 radical (unpaired) electrons. The number of piperidine rings is 1. The van der Waals surface area contributed by atoms with Crippen LogP contribution < -0.4 is 0 Å². The van der Waals surface area contributed by atoms with E-state index in [0.717, 1.165) is 37.9 Å². The van der Waals surface area contributed by atoms with Crippen LogP contribution in [0.3, 0.4) is 0 Å². The van der Waals surface area contributed by atoms with Gasteiger partial charge in [-0.25, -0.2) is 0 Å². The van der Waals surface area contributed by atoms with E-state index < -0.39 is 11.4 Å². The third-order valence-corrected chi connectivity index (χ3v) is 4.50. The lowest BCUT2D eigenvalue weighted by atomic mass is 9.75. The van der Waals surface area contributed by atoms with Gasteiger partial charge in [-0.2, -0.15) is 0 Å². The summed E-state index contributed by atoms with van der Waals surface area (Å²) in [4.78, 5) is 22.4. The van der Waals surface area contributed by atoms with Crippen molar-refractivity contribution in [2.45, 2.75) is 52.0 Å². The van der Waals surface area contributed by atoms with Crippen molar-refractivity contribution in [3.63, 3.8) is 0 Å². The summed E-state index contributed by atoms with van der Waals surface area (Å²) < 4.78 is 0. The topological polar surface area (TPSA) is 66.3 Å². The van der Waals surface area contributed by atoms with Gasteiger partial charge >= 0.3 is 5.97 Å². The van der Waals surface area contributed by atoms with Gasteiger partial charge in [-0.15, -0.1) is 0 Å². The zero-order chi connectivity index (χ0) is 15.3. The smallest absolute Gasteiger partial charge is 0.310 e. The number of carbonyl (C=O) groups is 1. The fourth-order valence-electron chi connectivity index (χ4n) is 3.16. The highest BCUT2D eigenvalue weighted by Gasteiger charge is 2.42. The first kappa shape index (κ1) is 15.9. The number of aliphatic carboxylic acids is 1. The molecule has 0 spiro atoms. The molecule has 21 heavy (non-hydrogen) atoms. The number of likely N-dealkylation sites (tertiary alicyclic amines) is 1. The quantitative estimate of drug-likeness (QED) is 0.871. The molecule has 0 amide bonds. The molecule has 1 N–H and O–H groups in total. The van der Waals surface area contributed by atoms with Crippen LogP contribution in [0.1, 0.15) is 45.2 Å². The van der Waals surface area contributed by atoms with Crippen molar-refractivity contribution in [3.8, 4) is 0 Å². The number of hydrogen-bond donors (Lipinski definition) is 1. The van der Waals surface area contributed by atoms with Crippen LogP contribution in [0.5, 0.6) is 0 Å². The second-order valence-electron chi connectivity index (χ2n) is 6.30. The third-order valence-electron chi connectivity index (χ3n) is 4.50. The van der Waals surface area contributed by atoms with E-state index in [2.05, 4.69) is 28.7 Å². The van der Waals surface area contributed by atoms with Crippen molar-refractivity contribution >= 4 is 5.97 Å². The molecule has 0 aliphatic carbocycles. The van der Waals surface area contributed by atoms with Crippen molar-refractivity contribution in [2.24, 2.45) is 5.41 Å². The molecule has 1 aromatic rings. The molecule has 5 heteroatoms. The van der Waals surface area contributed by atoms with Gasteiger partial charge in [0.05, 0.1) is 11.1 Å². The molecule has 1 aliphatic rings. The number of aromatic nitrogens is 2. The molecule has 0 aromatic carbocycles. The standard InChI is InChI=1S/C16H25N3O2/c1-13(2)19-10-4-7-16(12-19,15(20)21)6-3-5-14-11-17-8-9-18-14/h8-9,11,13H,3-7,10,12H2,1-2H3,(H,20,21)/t16-/m0/s1. The van der Waals surface area contributed by atoms with E-state index in [-0.39, 0.29) is 0 Å². The average Bonchev–Trinajstić information content (AvgIpc) is 2.48. The van der Waals surface area contributed by atoms with Gasteiger partial charge in [0.2, 0.25) is 0 Å². The Morgan fingerprint density at radius 1 is 1.48 bits per heavy atom. The first-order chi connectivity index (χ1) is 10.0. The predicted octanol–water partition coefficient (Wildman–Crippen LogP) is 2.37. The molecule has 1 fully saturated rings. The van der Waals surface area contributed by atoms with Gasteiger partial charge in [-0.3, -0.25) is 19.7 Å². The SMILES string of the molecule is CC(C)N1CCC[C@](CCCc2cnccn2)(C(=O)O)C1. The molecule has 1 aromatic heterocycles. The van der Waals surface area contributed by atoms with E-state index in [9.17, 15) is 9.90 Å². The summed E-state index contributed by atoms with van der Waals surface area (Å²) in [7, 11) is 0. The number of hydrogen-bond acceptors (Lipinski definition) is 4. The first-order valence-corrected chi connectivity index (χ1v) is 7.76. The molecule has 1 saturated heterocycles. The maximum absolute atomic E-state index is 11.8. The molecule has 1 aliphatic heterocycles. The van der Waals surface area contributed by atoms with Crippen LogP contribution in [0.2, 0.25) is 0 Å². The monoisotopic (exact) mass is 291 g/mol. The van der Waals surface area contributed by atoms with Gasteiger partial charge in [0.25, 0.3) is 0 Å². The van der Waals surface area contributed by atoms with Crippen molar-refractivity contribution in [1.82, 2.24) is 14.9 Å². The zero-order valence-electron chi connectivity index (χ0n) is 13.0. The molecule has 1 atom stereocenters. The summed E-state index contributed by atoms with van der Waals surface area (Å²) in [6.07, 6.45) is 9.20. The van der Waals surface area contributed by atoms with Gasteiger partial charge in [0.15, 0.2) is 0 Å². The molecular formula is C16H25N3O2. The Labute approximate surface area is 126 Å². The summed E-state index contributed by atoms with van der Waals surface area (Å²) in [6, 6.07) is 0.406. The minimum atomic E-state index is -0.646. The second-order valence-corrected chi connectivity index (χ2v) is 6.30. The van der Waals surface area contributed by atoms with E-state index in [1.807, 2.05) is 0 Å². The summed E-state index contributed by atoms with van der Waals surface area (Å²) >= 11 is 0. The zero-order valence-corrected chi connectivity index (χ0v) is 13.0. The molecule has 2 rings (SSSR count). The van der Waals surface area contributed by atoms with Crippen LogP contribution in [-0.4, -0.2) is 45.1 Å². The number of carboxylic acid groups (broad SMARTS) is 1. The third kappa shape index (κ3) is 4.00. The van der Waals surface area contributed by atoms with E-state index >= 15 is 0 Å². The second kappa shape index (κ2) is 6.98. The lowest BCUT2D eigenvalue weighted by Gasteiger charge is -2.42. The Balaban J connectivity index is 1.97. The molecule has 0 unspecified atom stereocenters. The number of carboxylic acids is 1. The number of aryl methyl sites for hydroxylation is 1. The van der Waals surface area contributed by atoms with E-state index in [4.69, 9.17) is 0 Å². The highest BCUT2D eigenvalue weighted by atomic mass is 16.4. The van der Waals surface area contributed by atoms with Gasteiger partial charge in [0, 0.05) is 31.2 Å². The molecule has 2 heterocycles. The lowest BCUT2D eigenvalue weighted by Crippen LogP contribution is -2.50. The highest BCUT2D eigenvalue weighted by molar-refractivity contribution is 5.75. The average molecular weight is 291 g/mol. The Hall–Kier alpha value is -1.49. The maximum atomic E-state index is 11.8. The number of rotatable bonds is 6. The van der Waals surface area contributed by atoms with Crippen LogP contribution in [0.4, 0.5) is 0 Å². The maximum Gasteiger partial charge on any atom is 0.310 e.